The third-order valence-electron chi connectivity index (χ3n) is 3.29. The molecule has 4 N–H and O–H groups in total. The van der Waals surface area contributed by atoms with Crippen LogP contribution in [-0.2, 0) is 4.74 Å². The minimum atomic E-state index is -1.18. The number of anilines is 1. The molecular weight excluding hydrogens is 264 g/mol. The number of hydrogen-bond acceptors (Lipinski definition) is 8. The van der Waals surface area contributed by atoms with Crippen molar-refractivity contribution in [2.45, 2.75) is 31.0 Å². The second-order valence-electron chi connectivity index (χ2n) is 4.49. The van der Waals surface area contributed by atoms with Gasteiger partial charge in [-0.1, -0.05) is 0 Å². The Balaban J connectivity index is 2.00. The molecule has 4 unspecified atom stereocenters. The van der Waals surface area contributed by atoms with Gasteiger partial charge in [-0.15, -0.1) is 0 Å². The van der Waals surface area contributed by atoms with Gasteiger partial charge >= 0.3 is 0 Å². The number of imidazole rings is 1. The quantitative estimate of drug-likeness (QED) is 0.629. The van der Waals surface area contributed by atoms with Crippen LogP contribution in [0.25, 0.3) is 11.2 Å². The lowest BCUT2D eigenvalue weighted by molar-refractivity contribution is -0.0333. The predicted molar refractivity (Wildman–Crippen MR) is 65.9 cm³/mol. The molecule has 1 saturated heterocycles. The third kappa shape index (κ3) is 1.78. The van der Waals surface area contributed by atoms with E-state index < -0.39 is 24.5 Å². The largest absolute Gasteiger partial charge is 0.387 e. The van der Waals surface area contributed by atoms with Crippen molar-refractivity contribution in [2.24, 2.45) is 0 Å². The topological polar surface area (TPSA) is 143 Å². The van der Waals surface area contributed by atoms with Gasteiger partial charge in [0.05, 0.1) is 18.8 Å². The molecule has 1 fully saturated rings. The van der Waals surface area contributed by atoms with Gasteiger partial charge in [-0.2, -0.15) is 5.26 Å². The number of nitrogens with zero attached hydrogens (tertiary/aromatic N) is 5. The van der Waals surface area contributed by atoms with Gasteiger partial charge in [0.15, 0.2) is 17.7 Å². The minimum Gasteiger partial charge on any atom is -0.387 e. The van der Waals surface area contributed by atoms with E-state index in [4.69, 9.17) is 15.7 Å². The molecule has 0 bridgehead atoms. The average molecular weight is 276 g/mol. The Hall–Kier alpha value is -2.28. The Bertz CT molecular complexity index is 680. The molecule has 0 aromatic carbocycles. The molecule has 9 nitrogen and oxygen atoms in total. The maximum atomic E-state index is 10.0. The van der Waals surface area contributed by atoms with Crippen molar-refractivity contribution in [1.82, 2.24) is 19.5 Å². The lowest BCUT2D eigenvalue weighted by atomic mass is 10.1. The van der Waals surface area contributed by atoms with E-state index >= 15 is 0 Å². The van der Waals surface area contributed by atoms with Gasteiger partial charge in [0, 0.05) is 0 Å². The lowest BCUT2D eigenvalue weighted by Crippen LogP contribution is -2.31. The van der Waals surface area contributed by atoms with Gasteiger partial charge in [0.2, 0.25) is 0 Å². The fourth-order valence-electron chi connectivity index (χ4n) is 2.27. The monoisotopic (exact) mass is 276 g/mol. The van der Waals surface area contributed by atoms with Crippen LogP contribution in [-0.4, -0.2) is 48.0 Å². The first-order valence-corrected chi connectivity index (χ1v) is 5.95. The van der Waals surface area contributed by atoms with Crippen molar-refractivity contribution in [2.75, 3.05) is 5.73 Å². The van der Waals surface area contributed by atoms with Crippen LogP contribution < -0.4 is 5.73 Å². The zero-order valence-electron chi connectivity index (χ0n) is 10.3. The highest BCUT2D eigenvalue weighted by Gasteiger charge is 2.44. The van der Waals surface area contributed by atoms with E-state index in [2.05, 4.69) is 15.0 Å². The van der Waals surface area contributed by atoms with Crippen LogP contribution in [0.15, 0.2) is 12.7 Å². The SMILES string of the molecule is N#CCC1OC(n2cnc3c(N)ncnc32)C(O)C1O. The Morgan fingerprint density at radius 2 is 2.15 bits per heavy atom. The maximum absolute atomic E-state index is 10.0. The first kappa shape index (κ1) is 12.7. The number of aliphatic hydroxyl groups excluding tert-OH is 2. The van der Waals surface area contributed by atoms with Gasteiger partial charge < -0.3 is 20.7 Å². The summed E-state index contributed by atoms with van der Waals surface area (Å²) in [5, 5.41) is 28.6. The molecule has 104 valence electrons. The minimum absolute atomic E-state index is 0.0154. The number of hydrogen-bond donors (Lipinski definition) is 3. The summed E-state index contributed by atoms with van der Waals surface area (Å²) >= 11 is 0. The fraction of sp³-hybridized carbons (Fsp3) is 0.455. The van der Waals surface area contributed by atoms with Crippen molar-refractivity contribution in [1.29, 1.82) is 5.26 Å². The molecule has 0 aliphatic carbocycles. The van der Waals surface area contributed by atoms with Gasteiger partial charge in [-0.05, 0) is 0 Å². The first-order valence-electron chi connectivity index (χ1n) is 5.95. The second kappa shape index (κ2) is 4.68. The summed E-state index contributed by atoms with van der Waals surface area (Å²) in [7, 11) is 0. The summed E-state index contributed by atoms with van der Waals surface area (Å²) in [4.78, 5) is 11.9. The highest BCUT2D eigenvalue weighted by atomic mass is 16.6. The number of aromatic nitrogens is 4. The Labute approximate surface area is 113 Å². The summed E-state index contributed by atoms with van der Waals surface area (Å²) in [5.74, 6) is 0.218. The van der Waals surface area contributed by atoms with Crippen LogP contribution in [0.5, 0.6) is 0 Å². The number of rotatable bonds is 2. The third-order valence-corrected chi connectivity index (χ3v) is 3.29. The van der Waals surface area contributed by atoms with Gasteiger partial charge in [0.25, 0.3) is 0 Å². The number of aliphatic hydroxyl groups is 2. The zero-order valence-corrected chi connectivity index (χ0v) is 10.3. The van der Waals surface area contributed by atoms with Crippen molar-refractivity contribution >= 4 is 17.0 Å². The number of nitrogen functional groups attached to an aromatic ring is 1. The first-order chi connectivity index (χ1) is 9.63. The normalized spacial score (nSPS) is 29.6. The standard InChI is InChI=1S/C11H12N6O3/c12-2-1-5-7(18)8(19)11(20-5)17-4-16-6-9(13)14-3-15-10(6)17/h3-5,7-8,11,18-19H,1H2,(H2,13,14,15). The molecule has 3 rings (SSSR count). The van der Waals surface area contributed by atoms with Gasteiger partial charge in [-0.25, -0.2) is 15.0 Å². The van der Waals surface area contributed by atoms with Crippen molar-refractivity contribution in [3.8, 4) is 6.07 Å². The second-order valence-corrected chi connectivity index (χ2v) is 4.49. The van der Waals surface area contributed by atoms with Crippen LogP contribution in [0.1, 0.15) is 12.6 Å². The number of nitriles is 1. The highest BCUT2D eigenvalue weighted by Crippen LogP contribution is 2.32. The lowest BCUT2D eigenvalue weighted by Gasteiger charge is -2.16. The summed E-state index contributed by atoms with van der Waals surface area (Å²) in [5.41, 5.74) is 6.47. The molecule has 0 saturated carbocycles. The predicted octanol–water partition coefficient (Wildman–Crippen LogP) is -1.06. The van der Waals surface area contributed by atoms with Gasteiger partial charge in [0.1, 0.15) is 30.2 Å². The van der Waals surface area contributed by atoms with Crippen molar-refractivity contribution in [3.63, 3.8) is 0 Å². The van der Waals surface area contributed by atoms with E-state index in [-0.39, 0.29) is 12.2 Å². The van der Waals surface area contributed by atoms with Crippen LogP contribution in [0.2, 0.25) is 0 Å². The molecule has 0 spiro atoms. The van der Waals surface area contributed by atoms with E-state index in [1.54, 1.807) is 0 Å². The van der Waals surface area contributed by atoms with E-state index in [9.17, 15) is 10.2 Å². The van der Waals surface area contributed by atoms with Crippen LogP contribution in [0, 0.1) is 11.3 Å². The molecule has 1 aliphatic heterocycles. The average Bonchev–Trinajstić information content (AvgIpc) is 2.97. The molecule has 4 atom stereocenters. The highest BCUT2D eigenvalue weighted by molar-refractivity contribution is 5.81. The Morgan fingerprint density at radius 3 is 2.90 bits per heavy atom. The molecule has 3 heterocycles. The molecule has 1 aliphatic rings. The van der Waals surface area contributed by atoms with Crippen LogP contribution in [0.3, 0.4) is 0 Å². The van der Waals surface area contributed by atoms with Crippen molar-refractivity contribution < 1.29 is 14.9 Å². The van der Waals surface area contributed by atoms with Crippen molar-refractivity contribution in [3.05, 3.63) is 12.7 Å². The number of fused-ring (bicyclic) bond motifs is 1. The van der Waals surface area contributed by atoms with E-state index in [1.807, 2.05) is 6.07 Å². The smallest absolute Gasteiger partial charge is 0.167 e. The Morgan fingerprint density at radius 1 is 1.35 bits per heavy atom. The molecule has 2 aromatic rings. The molecule has 20 heavy (non-hydrogen) atoms. The molecular formula is C11H12N6O3. The maximum Gasteiger partial charge on any atom is 0.167 e. The number of ether oxygens (including phenoxy) is 1. The van der Waals surface area contributed by atoms with Gasteiger partial charge in [-0.3, -0.25) is 4.57 Å². The molecule has 2 aromatic heterocycles. The van der Waals surface area contributed by atoms with Crippen LogP contribution in [0.4, 0.5) is 5.82 Å². The fourth-order valence-corrected chi connectivity index (χ4v) is 2.27. The number of nitrogens with two attached hydrogens (primary N) is 1. The summed E-state index contributed by atoms with van der Waals surface area (Å²) in [6.45, 7) is 0. The summed E-state index contributed by atoms with van der Waals surface area (Å²) in [6.07, 6.45) is -1.28. The van der Waals surface area contributed by atoms with E-state index in [0.717, 1.165) is 0 Å². The summed E-state index contributed by atoms with van der Waals surface area (Å²) < 4.78 is 6.99. The summed E-state index contributed by atoms with van der Waals surface area (Å²) in [6, 6.07) is 1.91. The molecule has 0 radical (unpaired) electrons. The Kier molecular flexibility index (Phi) is 2.98. The van der Waals surface area contributed by atoms with E-state index in [0.29, 0.717) is 11.2 Å². The molecule has 9 heteroatoms. The zero-order chi connectivity index (χ0) is 14.3. The molecule has 0 amide bonds. The van der Waals surface area contributed by atoms with Crippen LogP contribution >= 0.6 is 0 Å². The van der Waals surface area contributed by atoms with E-state index in [1.165, 1.54) is 17.2 Å².